The summed E-state index contributed by atoms with van der Waals surface area (Å²) in [4.78, 5) is 8.14. The van der Waals surface area contributed by atoms with Crippen LogP contribution in [-0.2, 0) is 9.47 Å². The van der Waals surface area contributed by atoms with Crippen molar-refractivity contribution in [3.63, 3.8) is 0 Å². The predicted molar refractivity (Wildman–Crippen MR) is 56.0 cm³/mol. The summed E-state index contributed by atoms with van der Waals surface area (Å²) < 4.78 is 10.7. The third kappa shape index (κ3) is 3.54. The molecule has 0 bridgehead atoms. The van der Waals surface area contributed by atoms with Crippen LogP contribution in [0.25, 0.3) is 0 Å². The van der Waals surface area contributed by atoms with Gasteiger partial charge in [-0.25, -0.2) is 9.97 Å². The zero-order valence-corrected chi connectivity index (χ0v) is 9.09. The van der Waals surface area contributed by atoms with Gasteiger partial charge in [-0.15, -0.1) is 0 Å². The van der Waals surface area contributed by atoms with Gasteiger partial charge < -0.3 is 15.2 Å². The lowest BCUT2D eigenvalue weighted by Gasteiger charge is -2.22. The van der Waals surface area contributed by atoms with E-state index in [-0.39, 0.29) is 0 Å². The molecule has 1 heterocycles. The highest BCUT2D eigenvalue weighted by Crippen LogP contribution is 2.13. The van der Waals surface area contributed by atoms with E-state index in [1.807, 2.05) is 13.8 Å². The first kappa shape index (κ1) is 12.0. The van der Waals surface area contributed by atoms with Crippen LogP contribution >= 0.6 is 0 Å². The van der Waals surface area contributed by atoms with Crippen LogP contribution < -0.4 is 5.73 Å². The minimum Gasteiger partial charge on any atom is -0.351 e. The first-order chi connectivity index (χ1) is 7.29. The van der Waals surface area contributed by atoms with Crippen molar-refractivity contribution in [1.29, 1.82) is 0 Å². The van der Waals surface area contributed by atoms with Gasteiger partial charge in [-0.1, -0.05) is 0 Å². The van der Waals surface area contributed by atoms with Gasteiger partial charge in [0.25, 0.3) is 0 Å². The summed E-state index contributed by atoms with van der Waals surface area (Å²) in [6.07, 6.45) is 2.82. The molecule has 2 N–H and O–H groups in total. The van der Waals surface area contributed by atoms with Crippen molar-refractivity contribution in [3.05, 3.63) is 24.3 Å². The molecule has 0 radical (unpaired) electrons. The van der Waals surface area contributed by atoms with Crippen molar-refractivity contribution in [2.75, 3.05) is 13.2 Å². The van der Waals surface area contributed by atoms with Crippen molar-refractivity contribution in [2.45, 2.75) is 26.2 Å². The Labute approximate surface area is 89.6 Å². The van der Waals surface area contributed by atoms with Gasteiger partial charge in [0.2, 0.25) is 0 Å². The Hall–Kier alpha value is -1.04. The van der Waals surface area contributed by atoms with Gasteiger partial charge in [0, 0.05) is 25.6 Å². The Morgan fingerprint density at radius 3 is 2.20 bits per heavy atom. The van der Waals surface area contributed by atoms with Gasteiger partial charge in [-0.3, -0.25) is 0 Å². The van der Waals surface area contributed by atoms with Crippen LogP contribution in [0.2, 0.25) is 0 Å². The Bertz CT molecular complexity index is 263. The van der Waals surface area contributed by atoms with E-state index in [4.69, 9.17) is 15.2 Å². The zero-order valence-electron chi connectivity index (χ0n) is 9.09. The van der Waals surface area contributed by atoms with Crippen molar-refractivity contribution in [1.82, 2.24) is 9.97 Å². The highest BCUT2D eigenvalue weighted by atomic mass is 16.7. The lowest BCUT2D eigenvalue weighted by Crippen LogP contribution is -2.33. The monoisotopic (exact) mass is 211 g/mol. The fraction of sp³-hybridized carbons (Fsp3) is 0.600. The fourth-order valence-electron chi connectivity index (χ4n) is 1.19. The van der Waals surface area contributed by atoms with Gasteiger partial charge in [0.1, 0.15) is 11.9 Å². The molecule has 5 heteroatoms. The molecule has 0 aliphatic carbocycles. The van der Waals surface area contributed by atoms with E-state index in [9.17, 15) is 0 Å². The van der Waals surface area contributed by atoms with Crippen LogP contribution in [0.4, 0.5) is 0 Å². The maximum absolute atomic E-state index is 5.94. The molecule has 1 unspecified atom stereocenters. The van der Waals surface area contributed by atoms with Crippen molar-refractivity contribution >= 4 is 0 Å². The smallest absolute Gasteiger partial charge is 0.179 e. The van der Waals surface area contributed by atoms with Crippen LogP contribution in [0.3, 0.4) is 0 Å². The molecule has 5 nitrogen and oxygen atoms in total. The molecule has 1 aromatic heterocycles. The van der Waals surface area contributed by atoms with Crippen molar-refractivity contribution in [3.8, 4) is 0 Å². The van der Waals surface area contributed by atoms with E-state index in [0.29, 0.717) is 19.0 Å². The highest BCUT2D eigenvalue weighted by molar-refractivity contribution is 4.95. The van der Waals surface area contributed by atoms with E-state index in [1.165, 1.54) is 0 Å². The third-order valence-corrected chi connectivity index (χ3v) is 1.84. The summed E-state index contributed by atoms with van der Waals surface area (Å²) >= 11 is 0. The van der Waals surface area contributed by atoms with E-state index in [2.05, 4.69) is 9.97 Å². The van der Waals surface area contributed by atoms with Gasteiger partial charge in [0.05, 0.1) is 0 Å². The normalized spacial score (nSPS) is 13.1. The number of hydrogen-bond donors (Lipinski definition) is 1. The Kier molecular flexibility index (Phi) is 5.17. The maximum atomic E-state index is 5.94. The van der Waals surface area contributed by atoms with Gasteiger partial charge in [-0.2, -0.15) is 0 Å². The highest BCUT2D eigenvalue weighted by Gasteiger charge is 2.22. The third-order valence-electron chi connectivity index (χ3n) is 1.84. The number of nitrogens with two attached hydrogens (primary N) is 1. The fourth-order valence-corrected chi connectivity index (χ4v) is 1.19. The van der Waals surface area contributed by atoms with Gasteiger partial charge in [-0.05, 0) is 19.9 Å². The average molecular weight is 211 g/mol. The van der Waals surface area contributed by atoms with Gasteiger partial charge >= 0.3 is 0 Å². The maximum Gasteiger partial charge on any atom is 0.179 e. The molecule has 84 valence electrons. The first-order valence-corrected chi connectivity index (χ1v) is 5.05. The molecule has 1 rings (SSSR count). The molecule has 0 amide bonds. The quantitative estimate of drug-likeness (QED) is 0.707. The molecule has 1 aromatic rings. The van der Waals surface area contributed by atoms with Crippen LogP contribution in [0.1, 0.15) is 25.7 Å². The second-order valence-corrected chi connectivity index (χ2v) is 2.91. The Morgan fingerprint density at radius 2 is 1.73 bits per heavy atom. The number of hydrogen-bond acceptors (Lipinski definition) is 5. The van der Waals surface area contributed by atoms with E-state index >= 15 is 0 Å². The van der Waals surface area contributed by atoms with Crippen LogP contribution in [0.15, 0.2) is 18.5 Å². The number of rotatable bonds is 6. The molecule has 0 spiro atoms. The van der Waals surface area contributed by atoms with Crippen molar-refractivity contribution < 1.29 is 9.47 Å². The van der Waals surface area contributed by atoms with Gasteiger partial charge in [0.15, 0.2) is 6.29 Å². The zero-order chi connectivity index (χ0) is 11.1. The van der Waals surface area contributed by atoms with E-state index in [1.54, 1.807) is 18.5 Å². The first-order valence-electron chi connectivity index (χ1n) is 5.05. The number of nitrogens with zero attached hydrogens (tertiary/aromatic N) is 2. The lowest BCUT2D eigenvalue weighted by atomic mass is 10.3. The SMILES string of the molecule is CCOC(OCC)C(N)c1ncccn1. The summed E-state index contributed by atoms with van der Waals surface area (Å²) in [5, 5.41) is 0. The van der Waals surface area contributed by atoms with Crippen LogP contribution in [-0.4, -0.2) is 29.5 Å². The molecule has 0 fully saturated rings. The number of ether oxygens (including phenoxy) is 2. The topological polar surface area (TPSA) is 70.3 Å². The Balaban J connectivity index is 2.67. The molecule has 0 aliphatic heterocycles. The summed E-state index contributed by atoms with van der Waals surface area (Å²) in [5.74, 6) is 0.532. The molecule has 15 heavy (non-hydrogen) atoms. The predicted octanol–water partition coefficient (Wildman–Crippen LogP) is 0.875. The molecular formula is C10H17N3O2. The van der Waals surface area contributed by atoms with Crippen LogP contribution in [0.5, 0.6) is 0 Å². The molecule has 0 aliphatic rings. The largest absolute Gasteiger partial charge is 0.351 e. The minimum atomic E-state index is -0.484. The lowest BCUT2D eigenvalue weighted by molar-refractivity contribution is -0.150. The van der Waals surface area contributed by atoms with E-state index < -0.39 is 12.3 Å². The standard InChI is InChI=1S/C10H17N3O2/c1-3-14-10(15-4-2)8(11)9-12-6-5-7-13-9/h5-8,10H,3-4,11H2,1-2H3. The second kappa shape index (κ2) is 6.44. The molecule has 0 saturated carbocycles. The Morgan fingerprint density at radius 1 is 1.20 bits per heavy atom. The average Bonchev–Trinajstić information content (AvgIpc) is 2.29. The minimum absolute atomic E-state index is 0.453. The van der Waals surface area contributed by atoms with Crippen molar-refractivity contribution in [2.24, 2.45) is 5.73 Å². The van der Waals surface area contributed by atoms with Crippen LogP contribution in [0, 0.1) is 0 Å². The second-order valence-electron chi connectivity index (χ2n) is 2.91. The summed E-state index contributed by atoms with van der Waals surface area (Å²) in [7, 11) is 0. The van der Waals surface area contributed by atoms with E-state index in [0.717, 1.165) is 0 Å². The molecule has 0 aromatic carbocycles. The number of aromatic nitrogens is 2. The molecule has 1 atom stereocenters. The summed E-state index contributed by atoms with van der Waals surface area (Å²) in [6, 6.07) is 1.29. The molecule has 0 saturated heterocycles. The molecular weight excluding hydrogens is 194 g/mol. The summed E-state index contributed by atoms with van der Waals surface area (Å²) in [6.45, 7) is 4.88. The summed E-state index contributed by atoms with van der Waals surface area (Å²) in [5.41, 5.74) is 5.94.